The van der Waals surface area contributed by atoms with Gasteiger partial charge in [-0.05, 0) is 13.3 Å². The second-order valence-corrected chi connectivity index (χ2v) is 4.84. The molecular weight excluding hydrogens is 312 g/mol. The van der Waals surface area contributed by atoms with Crippen molar-refractivity contribution in [1.82, 2.24) is 10.6 Å². The summed E-state index contributed by atoms with van der Waals surface area (Å²) in [6.07, 6.45) is -0.985. The van der Waals surface area contributed by atoms with Crippen molar-refractivity contribution in [3.8, 4) is 0 Å². The van der Waals surface area contributed by atoms with Crippen molar-refractivity contribution in [2.24, 2.45) is 11.5 Å². The highest BCUT2D eigenvalue weighted by Gasteiger charge is 2.28. The van der Waals surface area contributed by atoms with Gasteiger partial charge in [0.1, 0.15) is 12.1 Å². The number of carbonyl (C=O) groups excluding carboxylic acids is 3. The Hall–Kier alpha value is -2.69. The summed E-state index contributed by atoms with van der Waals surface area (Å²) in [6.45, 7) is 1.18. The van der Waals surface area contributed by atoms with Crippen molar-refractivity contribution < 1.29 is 34.2 Å². The highest BCUT2D eigenvalue weighted by molar-refractivity contribution is 5.93. The summed E-state index contributed by atoms with van der Waals surface area (Å²) < 4.78 is 0. The molecule has 0 radical (unpaired) electrons. The fourth-order valence-corrected chi connectivity index (χ4v) is 1.47. The maximum absolute atomic E-state index is 11.9. The van der Waals surface area contributed by atoms with Gasteiger partial charge in [0.25, 0.3) is 0 Å². The van der Waals surface area contributed by atoms with Crippen molar-refractivity contribution in [2.45, 2.75) is 44.3 Å². The highest BCUT2D eigenvalue weighted by atomic mass is 16.4. The molecule has 0 spiro atoms. The Morgan fingerprint density at radius 3 is 2.04 bits per heavy atom. The fourth-order valence-electron chi connectivity index (χ4n) is 1.47. The molecule has 0 rings (SSSR count). The molecule has 11 nitrogen and oxygen atoms in total. The molecule has 0 aliphatic rings. The van der Waals surface area contributed by atoms with E-state index in [-0.39, 0.29) is 12.8 Å². The molecule has 11 heteroatoms. The zero-order valence-corrected chi connectivity index (χ0v) is 12.4. The molecule has 0 aromatic heterocycles. The summed E-state index contributed by atoms with van der Waals surface area (Å²) in [5.41, 5.74) is 10.4. The number of carboxylic acid groups (broad SMARTS) is 2. The molecule has 0 heterocycles. The Morgan fingerprint density at radius 1 is 1.04 bits per heavy atom. The number of amides is 3. The number of nitrogens with two attached hydrogens (primary N) is 2. The van der Waals surface area contributed by atoms with E-state index < -0.39 is 54.2 Å². The van der Waals surface area contributed by atoms with E-state index in [4.69, 9.17) is 21.7 Å². The van der Waals surface area contributed by atoms with Gasteiger partial charge in [-0.1, -0.05) is 0 Å². The smallest absolute Gasteiger partial charge is 0.325 e. The van der Waals surface area contributed by atoms with Gasteiger partial charge in [0, 0.05) is 6.42 Å². The molecule has 0 aliphatic heterocycles. The Balaban J connectivity index is 4.80. The average Bonchev–Trinajstić information content (AvgIpc) is 2.42. The number of hydrogen-bond donors (Lipinski definition) is 6. The minimum atomic E-state index is -1.50. The molecule has 3 amide bonds. The number of rotatable bonds is 10. The highest BCUT2D eigenvalue weighted by Crippen LogP contribution is 1.99. The predicted molar refractivity (Wildman–Crippen MR) is 75.8 cm³/mol. The Kier molecular flexibility index (Phi) is 8.26. The SMILES string of the molecule is C[C@H](NC(=O)[C@H](CC(=O)O)NC(=O)[C@@H](N)CCC(N)=O)C(=O)O. The van der Waals surface area contributed by atoms with Crippen molar-refractivity contribution >= 4 is 29.7 Å². The van der Waals surface area contributed by atoms with Crippen LogP contribution in [0.25, 0.3) is 0 Å². The van der Waals surface area contributed by atoms with E-state index in [1.807, 2.05) is 5.32 Å². The quantitative estimate of drug-likeness (QED) is 0.245. The van der Waals surface area contributed by atoms with Gasteiger partial charge in [-0.15, -0.1) is 0 Å². The van der Waals surface area contributed by atoms with Crippen LogP contribution in [0.15, 0.2) is 0 Å². The van der Waals surface area contributed by atoms with Crippen LogP contribution >= 0.6 is 0 Å². The van der Waals surface area contributed by atoms with E-state index >= 15 is 0 Å². The molecule has 23 heavy (non-hydrogen) atoms. The lowest BCUT2D eigenvalue weighted by molar-refractivity contribution is -0.143. The van der Waals surface area contributed by atoms with Crippen LogP contribution in [0.5, 0.6) is 0 Å². The largest absolute Gasteiger partial charge is 0.481 e. The molecule has 0 saturated heterocycles. The Labute approximate surface area is 131 Å². The van der Waals surface area contributed by atoms with E-state index in [0.29, 0.717) is 0 Å². The summed E-state index contributed by atoms with van der Waals surface area (Å²) in [5.74, 6) is -5.19. The van der Waals surface area contributed by atoms with Crippen LogP contribution in [0.1, 0.15) is 26.2 Å². The fraction of sp³-hybridized carbons (Fsp3) is 0.583. The zero-order valence-electron chi connectivity index (χ0n) is 12.4. The molecule has 130 valence electrons. The third-order valence-electron chi connectivity index (χ3n) is 2.78. The lowest BCUT2D eigenvalue weighted by Crippen LogP contribution is -2.54. The third-order valence-corrected chi connectivity index (χ3v) is 2.78. The number of aliphatic carboxylic acids is 2. The first-order valence-electron chi connectivity index (χ1n) is 6.63. The molecule has 0 bridgehead atoms. The second kappa shape index (κ2) is 9.35. The van der Waals surface area contributed by atoms with Crippen LogP contribution < -0.4 is 22.1 Å². The van der Waals surface area contributed by atoms with Crippen molar-refractivity contribution in [1.29, 1.82) is 0 Å². The summed E-state index contributed by atoms with van der Waals surface area (Å²) in [6, 6.07) is -3.93. The summed E-state index contributed by atoms with van der Waals surface area (Å²) in [4.78, 5) is 55.7. The molecule has 0 aromatic carbocycles. The summed E-state index contributed by atoms with van der Waals surface area (Å²) in [5, 5.41) is 21.6. The van der Waals surface area contributed by atoms with E-state index in [1.54, 1.807) is 0 Å². The number of nitrogens with one attached hydrogen (secondary N) is 2. The minimum absolute atomic E-state index is 0.0753. The van der Waals surface area contributed by atoms with Crippen LogP contribution in [0, 0.1) is 0 Å². The molecule has 0 saturated carbocycles. The maximum atomic E-state index is 11.9. The molecule has 0 aromatic rings. The predicted octanol–water partition coefficient (Wildman–Crippen LogP) is -2.87. The standard InChI is InChI=1S/C12H20N4O7/c1-5(12(22)23)15-11(21)7(4-9(18)19)16-10(20)6(13)2-3-8(14)17/h5-7H,2-4,13H2,1H3,(H2,14,17)(H,15,21)(H,16,20)(H,18,19)(H,22,23)/t5-,6-,7-/m0/s1. The van der Waals surface area contributed by atoms with Gasteiger partial charge < -0.3 is 32.3 Å². The topological polar surface area (TPSA) is 202 Å². The minimum Gasteiger partial charge on any atom is -0.481 e. The van der Waals surface area contributed by atoms with Gasteiger partial charge in [0.15, 0.2) is 0 Å². The second-order valence-electron chi connectivity index (χ2n) is 4.84. The normalized spacial score (nSPS) is 14.2. The first kappa shape index (κ1) is 20.3. The van der Waals surface area contributed by atoms with Crippen molar-refractivity contribution in [2.75, 3.05) is 0 Å². The van der Waals surface area contributed by atoms with Crippen LogP contribution in [-0.4, -0.2) is 58.0 Å². The third kappa shape index (κ3) is 8.36. The molecular formula is C12H20N4O7. The Bertz CT molecular complexity index is 494. The number of carboxylic acids is 2. The number of hydrogen-bond acceptors (Lipinski definition) is 6. The molecule has 0 unspecified atom stereocenters. The van der Waals surface area contributed by atoms with Gasteiger partial charge in [0.2, 0.25) is 17.7 Å². The first-order valence-corrected chi connectivity index (χ1v) is 6.63. The zero-order chi connectivity index (χ0) is 18.2. The number of carbonyl (C=O) groups is 5. The van der Waals surface area contributed by atoms with E-state index in [0.717, 1.165) is 0 Å². The Morgan fingerprint density at radius 2 is 1.61 bits per heavy atom. The van der Waals surface area contributed by atoms with Crippen molar-refractivity contribution in [3.63, 3.8) is 0 Å². The van der Waals surface area contributed by atoms with Crippen molar-refractivity contribution in [3.05, 3.63) is 0 Å². The van der Waals surface area contributed by atoms with Gasteiger partial charge in [-0.25, -0.2) is 0 Å². The van der Waals surface area contributed by atoms with Gasteiger partial charge in [0.05, 0.1) is 12.5 Å². The van der Waals surface area contributed by atoms with Gasteiger partial charge >= 0.3 is 11.9 Å². The van der Waals surface area contributed by atoms with Crippen LogP contribution in [0.4, 0.5) is 0 Å². The van der Waals surface area contributed by atoms with Gasteiger partial charge in [-0.3, -0.25) is 24.0 Å². The summed E-state index contributed by atoms with van der Waals surface area (Å²) >= 11 is 0. The van der Waals surface area contributed by atoms with Gasteiger partial charge in [-0.2, -0.15) is 0 Å². The lowest BCUT2D eigenvalue weighted by Gasteiger charge is -2.20. The number of primary amides is 1. The lowest BCUT2D eigenvalue weighted by atomic mass is 10.1. The average molecular weight is 332 g/mol. The van der Waals surface area contributed by atoms with E-state index in [9.17, 15) is 24.0 Å². The van der Waals surface area contributed by atoms with Crippen LogP contribution in [0.3, 0.4) is 0 Å². The molecule has 3 atom stereocenters. The molecule has 0 aliphatic carbocycles. The van der Waals surface area contributed by atoms with Crippen LogP contribution in [0.2, 0.25) is 0 Å². The maximum Gasteiger partial charge on any atom is 0.325 e. The van der Waals surface area contributed by atoms with Crippen LogP contribution in [-0.2, 0) is 24.0 Å². The van der Waals surface area contributed by atoms with E-state index in [1.165, 1.54) is 6.92 Å². The van der Waals surface area contributed by atoms with E-state index in [2.05, 4.69) is 5.32 Å². The molecule has 8 N–H and O–H groups in total. The summed E-state index contributed by atoms with van der Waals surface area (Å²) in [7, 11) is 0. The monoisotopic (exact) mass is 332 g/mol. The first-order chi connectivity index (χ1) is 10.5. The molecule has 0 fully saturated rings.